The van der Waals surface area contributed by atoms with E-state index in [1.54, 1.807) is 0 Å². The number of para-hydroxylation sites is 2. The molecule has 1 aliphatic heterocycles. The Hall–Kier alpha value is -1.22. The smallest absolute Gasteiger partial charge is 0.0609 e. The summed E-state index contributed by atoms with van der Waals surface area (Å²) in [5.74, 6) is 0. The van der Waals surface area contributed by atoms with Gasteiger partial charge in [-0.2, -0.15) is 0 Å². The summed E-state index contributed by atoms with van der Waals surface area (Å²) in [5, 5.41) is 0. The van der Waals surface area contributed by atoms with E-state index in [2.05, 4.69) is 55.0 Å². The van der Waals surface area contributed by atoms with E-state index in [0.717, 1.165) is 19.5 Å². The molecule has 2 rings (SSSR count). The Balaban J connectivity index is 2.42. The molecule has 94 valence electrons. The van der Waals surface area contributed by atoms with Gasteiger partial charge in [-0.1, -0.05) is 19.1 Å². The topological polar surface area (TPSA) is 32.5 Å². The SMILES string of the molecule is CCC(C)(CN)N1CCN(C)c2ccccc21. The number of benzene rings is 1. The predicted molar refractivity (Wildman–Crippen MR) is 74.8 cm³/mol. The van der Waals surface area contributed by atoms with Crippen LogP contribution in [-0.2, 0) is 0 Å². The highest BCUT2D eigenvalue weighted by molar-refractivity contribution is 5.74. The third-order valence-electron chi connectivity index (χ3n) is 4.10. The number of hydrogen-bond acceptors (Lipinski definition) is 3. The zero-order chi connectivity index (χ0) is 12.5. The van der Waals surface area contributed by atoms with Crippen molar-refractivity contribution in [3.8, 4) is 0 Å². The van der Waals surface area contributed by atoms with Crippen molar-refractivity contribution in [3.63, 3.8) is 0 Å². The van der Waals surface area contributed by atoms with Crippen LogP contribution >= 0.6 is 0 Å². The van der Waals surface area contributed by atoms with Gasteiger partial charge in [-0.15, -0.1) is 0 Å². The first-order valence-electron chi connectivity index (χ1n) is 6.40. The summed E-state index contributed by atoms with van der Waals surface area (Å²) >= 11 is 0. The van der Waals surface area contributed by atoms with Gasteiger partial charge in [-0.25, -0.2) is 0 Å². The Bertz CT molecular complexity index is 385. The van der Waals surface area contributed by atoms with Crippen molar-refractivity contribution >= 4 is 11.4 Å². The van der Waals surface area contributed by atoms with Crippen molar-refractivity contribution in [1.82, 2.24) is 0 Å². The molecule has 0 amide bonds. The Morgan fingerprint density at radius 1 is 1.24 bits per heavy atom. The predicted octanol–water partition coefficient (Wildman–Crippen LogP) is 2.07. The molecule has 1 unspecified atom stereocenters. The molecule has 0 saturated carbocycles. The van der Waals surface area contributed by atoms with Gasteiger partial charge in [0.1, 0.15) is 0 Å². The zero-order valence-electron chi connectivity index (χ0n) is 11.1. The quantitative estimate of drug-likeness (QED) is 0.867. The van der Waals surface area contributed by atoms with Crippen LogP contribution in [0.1, 0.15) is 20.3 Å². The largest absolute Gasteiger partial charge is 0.371 e. The maximum atomic E-state index is 5.98. The molecular weight excluding hydrogens is 210 g/mol. The molecule has 0 bridgehead atoms. The highest BCUT2D eigenvalue weighted by atomic mass is 15.3. The van der Waals surface area contributed by atoms with E-state index in [0.29, 0.717) is 6.54 Å². The van der Waals surface area contributed by atoms with Crippen LogP contribution in [0.3, 0.4) is 0 Å². The molecule has 17 heavy (non-hydrogen) atoms. The Labute approximate surface area is 104 Å². The summed E-state index contributed by atoms with van der Waals surface area (Å²) in [6, 6.07) is 8.60. The number of anilines is 2. The molecule has 0 saturated heterocycles. The van der Waals surface area contributed by atoms with Crippen molar-refractivity contribution in [1.29, 1.82) is 0 Å². The lowest BCUT2D eigenvalue weighted by Gasteiger charge is -2.47. The number of nitrogens with two attached hydrogens (primary N) is 1. The molecule has 1 aromatic carbocycles. The van der Waals surface area contributed by atoms with Crippen LogP contribution in [0.25, 0.3) is 0 Å². The maximum Gasteiger partial charge on any atom is 0.0609 e. The molecule has 1 aliphatic rings. The molecule has 0 aliphatic carbocycles. The van der Waals surface area contributed by atoms with E-state index in [9.17, 15) is 0 Å². The zero-order valence-corrected chi connectivity index (χ0v) is 11.1. The van der Waals surface area contributed by atoms with E-state index in [1.165, 1.54) is 11.4 Å². The van der Waals surface area contributed by atoms with Gasteiger partial charge in [-0.3, -0.25) is 0 Å². The van der Waals surface area contributed by atoms with Crippen LogP contribution in [0, 0.1) is 0 Å². The summed E-state index contributed by atoms with van der Waals surface area (Å²) in [6.45, 7) is 7.28. The third-order valence-corrected chi connectivity index (χ3v) is 4.10. The van der Waals surface area contributed by atoms with Crippen molar-refractivity contribution in [3.05, 3.63) is 24.3 Å². The number of fused-ring (bicyclic) bond motifs is 1. The van der Waals surface area contributed by atoms with Crippen LogP contribution in [0.4, 0.5) is 11.4 Å². The first-order chi connectivity index (χ1) is 8.12. The number of likely N-dealkylation sites (N-methyl/N-ethyl adjacent to an activating group) is 1. The first kappa shape index (κ1) is 12.2. The van der Waals surface area contributed by atoms with Crippen LogP contribution in [-0.4, -0.2) is 32.2 Å². The Kier molecular flexibility index (Phi) is 3.29. The standard InChI is InChI=1S/C14H23N3/c1-4-14(2,11-15)17-10-9-16(3)12-7-5-6-8-13(12)17/h5-8H,4,9-11,15H2,1-3H3. The highest BCUT2D eigenvalue weighted by Crippen LogP contribution is 2.36. The van der Waals surface area contributed by atoms with Crippen molar-refractivity contribution in [2.24, 2.45) is 5.73 Å². The summed E-state index contributed by atoms with van der Waals surface area (Å²) in [4.78, 5) is 4.79. The summed E-state index contributed by atoms with van der Waals surface area (Å²) in [5.41, 5.74) is 8.68. The fraction of sp³-hybridized carbons (Fsp3) is 0.571. The van der Waals surface area contributed by atoms with Gasteiger partial charge in [-0.05, 0) is 25.5 Å². The Morgan fingerprint density at radius 2 is 1.88 bits per heavy atom. The van der Waals surface area contributed by atoms with E-state index in [4.69, 9.17) is 5.73 Å². The fourth-order valence-corrected chi connectivity index (χ4v) is 2.51. The van der Waals surface area contributed by atoms with Crippen LogP contribution in [0.5, 0.6) is 0 Å². The lowest BCUT2D eigenvalue weighted by molar-refractivity contribution is 0.412. The molecule has 0 radical (unpaired) electrons. The summed E-state index contributed by atoms with van der Waals surface area (Å²) in [7, 11) is 2.15. The highest BCUT2D eigenvalue weighted by Gasteiger charge is 2.32. The minimum atomic E-state index is 0.0668. The molecule has 2 N–H and O–H groups in total. The molecule has 1 aromatic rings. The second kappa shape index (κ2) is 4.57. The van der Waals surface area contributed by atoms with Crippen molar-refractivity contribution in [2.75, 3.05) is 36.5 Å². The second-order valence-corrected chi connectivity index (χ2v) is 5.12. The van der Waals surface area contributed by atoms with Crippen molar-refractivity contribution < 1.29 is 0 Å². The van der Waals surface area contributed by atoms with Crippen LogP contribution in [0.15, 0.2) is 24.3 Å². The minimum Gasteiger partial charge on any atom is -0.371 e. The number of nitrogens with zero attached hydrogens (tertiary/aromatic N) is 2. The van der Waals surface area contributed by atoms with Crippen molar-refractivity contribution in [2.45, 2.75) is 25.8 Å². The normalized spacial score (nSPS) is 18.8. The first-order valence-corrected chi connectivity index (χ1v) is 6.40. The van der Waals surface area contributed by atoms with E-state index in [-0.39, 0.29) is 5.54 Å². The summed E-state index contributed by atoms with van der Waals surface area (Å²) in [6.07, 6.45) is 1.07. The van der Waals surface area contributed by atoms with E-state index < -0.39 is 0 Å². The lowest BCUT2D eigenvalue weighted by atomic mass is 9.94. The van der Waals surface area contributed by atoms with E-state index >= 15 is 0 Å². The van der Waals surface area contributed by atoms with Gasteiger partial charge in [0.05, 0.1) is 11.4 Å². The third kappa shape index (κ3) is 2.00. The van der Waals surface area contributed by atoms with Gasteiger partial charge in [0, 0.05) is 32.2 Å². The Morgan fingerprint density at radius 3 is 2.47 bits per heavy atom. The lowest BCUT2D eigenvalue weighted by Crippen LogP contribution is -2.55. The fourth-order valence-electron chi connectivity index (χ4n) is 2.51. The van der Waals surface area contributed by atoms with Gasteiger partial charge in [0.2, 0.25) is 0 Å². The molecule has 1 atom stereocenters. The average molecular weight is 233 g/mol. The molecule has 3 nitrogen and oxygen atoms in total. The average Bonchev–Trinajstić information content (AvgIpc) is 2.39. The maximum absolute atomic E-state index is 5.98. The molecule has 0 spiro atoms. The molecular formula is C14H23N3. The molecule has 0 aromatic heterocycles. The minimum absolute atomic E-state index is 0.0668. The monoisotopic (exact) mass is 233 g/mol. The van der Waals surface area contributed by atoms with Gasteiger partial charge >= 0.3 is 0 Å². The van der Waals surface area contributed by atoms with Crippen LogP contribution in [0.2, 0.25) is 0 Å². The molecule has 0 fully saturated rings. The molecule has 1 heterocycles. The molecule has 3 heteroatoms. The van der Waals surface area contributed by atoms with Gasteiger partial charge in [0.15, 0.2) is 0 Å². The van der Waals surface area contributed by atoms with Gasteiger partial charge < -0.3 is 15.5 Å². The van der Waals surface area contributed by atoms with Crippen LogP contribution < -0.4 is 15.5 Å². The second-order valence-electron chi connectivity index (χ2n) is 5.12. The number of rotatable bonds is 3. The van der Waals surface area contributed by atoms with E-state index in [1.807, 2.05) is 0 Å². The number of hydrogen-bond donors (Lipinski definition) is 1. The van der Waals surface area contributed by atoms with Gasteiger partial charge in [0.25, 0.3) is 0 Å². The summed E-state index contributed by atoms with van der Waals surface area (Å²) < 4.78 is 0.